The maximum atomic E-state index is 12.7. The summed E-state index contributed by atoms with van der Waals surface area (Å²) >= 11 is 5.96. The van der Waals surface area contributed by atoms with Gasteiger partial charge in [0.25, 0.3) is 5.91 Å². The van der Waals surface area contributed by atoms with Crippen molar-refractivity contribution in [2.75, 3.05) is 17.3 Å². The lowest BCUT2D eigenvalue weighted by Crippen LogP contribution is -2.14. The van der Waals surface area contributed by atoms with E-state index in [-0.39, 0.29) is 16.3 Å². The Bertz CT molecular complexity index is 1250. The highest BCUT2D eigenvalue weighted by Crippen LogP contribution is 2.30. The number of benzene rings is 2. The number of nitrogens with two attached hydrogens (primary N) is 1. The minimum Gasteiger partial charge on any atom is -0.482 e. The zero-order valence-corrected chi connectivity index (χ0v) is 18.8. The summed E-state index contributed by atoms with van der Waals surface area (Å²) in [6.45, 7) is 3.70. The Morgan fingerprint density at radius 3 is 2.65 bits per heavy atom. The number of nitrogens with zero attached hydrogens (tertiary/aromatic N) is 1. The van der Waals surface area contributed by atoms with Gasteiger partial charge in [0.05, 0.1) is 9.92 Å². The number of hydrogen-bond donors (Lipinski definition) is 2. The van der Waals surface area contributed by atoms with Crippen LogP contribution in [0.3, 0.4) is 0 Å². The Kier molecular flexibility index (Phi) is 6.52. The number of halogens is 1. The quantitative estimate of drug-likeness (QED) is 0.564. The molecular formula is C22H22ClN3O4S. The van der Waals surface area contributed by atoms with Gasteiger partial charge in [0.15, 0.2) is 21.4 Å². The van der Waals surface area contributed by atoms with Gasteiger partial charge in [-0.3, -0.25) is 4.79 Å². The molecule has 1 heterocycles. The first-order valence-corrected chi connectivity index (χ1v) is 11.6. The number of sulfone groups is 1. The van der Waals surface area contributed by atoms with Crippen LogP contribution >= 0.6 is 11.6 Å². The summed E-state index contributed by atoms with van der Waals surface area (Å²) in [7, 11) is -3.42. The highest BCUT2D eigenvalue weighted by molar-refractivity contribution is 7.90. The zero-order chi connectivity index (χ0) is 22.8. The van der Waals surface area contributed by atoms with Crippen LogP contribution in [0, 0.1) is 6.92 Å². The average Bonchev–Trinajstić information content (AvgIpc) is 2.71. The fourth-order valence-corrected chi connectivity index (χ4v) is 3.69. The van der Waals surface area contributed by atoms with E-state index in [4.69, 9.17) is 22.1 Å². The van der Waals surface area contributed by atoms with Gasteiger partial charge in [-0.1, -0.05) is 29.8 Å². The van der Waals surface area contributed by atoms with Gasteiger partial charge in [-0.2, -0.15) is 0 Å². The molecule has 0 bridgehead atoms. The minimum absolute atomic E-state index is 0.0837. The normalized spacial score (nSPS) is 12.3. The molecule has 162 valence electrons. The number of anilines is 2. The molecule has 3 N–H and O–H groups in total. The molecule has 2 aromatic carbocycles. The molecule has 0 aliphatic carbocycles. The second kappa shape index (κ2) is 8.95. The van der Waals surface area contributed by atoms with Crippen LogP contribution in [0.15, 0.2) is 59.6 Å². The molecule has 0 aliphatic heterocycles. The number of amides is 1. The maximum Gasteiger partial charge on any atom is 0.255 e. The number of aromatic nitrogens is 1. The van der Waals surface area contributed by atoms with Gasteiger partial charge >= 0.3 is 0 Å². The average molecular weight is 460 g/mol. The van der Waals surface area contributed by atoms with Crippen LogP contribution in [-0.4, -0.2) is 25.6 Å². The number of ether oxygens (including phenoxy) is 1. The van der Waals surface area contributed by atoms with Crippen molar-refractivity contribution in [3.8, 4) is 5.75 Å². The summed E-state index contributed by atoms with van der Waals surface area (Å²) in [5.74, 6) is 0.175. The first kappa shape index (κ1) is 22.6. The highest BCUT2D eigenvalue weighted by Gasteiger charge is 2.15. The molecule has 3 rings (SSSR count). The SMILES string of the molecule is Cc1ccc([C@@H](C)Oc2cc(Cl)cnc2N)cc1NC(=O)c1cccc(S(C)(=O)=O)c1. The molecule has 9 heteroatoms. The fraction of sp³-hybridized carbons (Fsp3) is 0.182. The van der Waals surface area contributed by atoms with Crippen molar-refractivity contribution in [1.29, 1.82) is 0 Å². The molecular weight excluding hydrogens is 438 g/mol. The molecule has 1 amide bonds. The topological polar surface area (TPSA) is 111 Å². The maximum absolute atomic E-state index is 12.7. The highest BCUT2D eigenvalue weighted by atomic mass is 35.5. The Morgan fingerprint density at radius 1 is 1.19 bits per heavy atom. The molecule has 0 aliphatic rings. The number of aryl methyl sites for hydroxylation is 1. The van der Waals surface area contributed by atoms with E-state index < -0.39 is 21.8 Å². The van der Waals surface area contributed by atoms with Crippen molar-refractivity contribution in [1.82, 2.24) is 4.98 Å². The summed E-state index contributed by atoms with van der Waals surface area (Å²) in [6.07, 6.45) is 2.14. The van der Waals surface area contributed by atoms with Gasteiger partial charge in [-0.25, -0.2) is 13.4 Å². The molecule has 7 nitrogen and oxygen atoms in total. The summed E-state index contributed by atoms with van der Waals surface area (Å²) in [5.41, 5.74) is 8.31. The van der Waals surface area contributed by atoms with E-state index in [1.54, 1.807) is 18.2 Å². The van der Waals surface area contributed by atoms with E-state index in [0.717, 1.165) is 17.4 Å². The molecule has 31 heavy (non-hydrogen) atoms. The van der Waals surface area contributed by atoms with Crippen LogP contribution in [0.4, 0.5) is 11.5 Å². The number of rotatable bonds is 6. The lowest BCUT2D eigenvalue weighted by Gasteiger charge is -2.18. The molecule has 0 radical (unpaired) electrons. The van der Waals surface area contributed by atoms with E-state index in [0.29, 0.717) is 16.5 Å². The third-order valence-corrected chi connectivity index (χ3v) is 5.97. The molecule has 1 aromatic heterocycles. The summed E-state index contributed by atoms with van der Waals surface area (Å²) < 4.78 is 29.4. The van der Waals surface area contributed by atoms with Crippen molar-refractivity contribution in [3.63, 3.8) is 0 Å². The van der Waals surface area contributed by atoms with Crippen molar-refractivity contribution in [3.05, 3.63) is 76.4 Å². The van der Waals surface area contributed by atoms with E-state index in [9.17, 15) is 13.2 Å². The van der Waals surface area contributed by atoms with Gasteiger partial charge in [0.2, 0.25) is 0 Å². The van der Waals surface area contributed by atoms with Crippen LogP contribution in [0.2, 0.25) is 5.02 Å². The van der Waals surface area contributed by atoms with Crippen molar-refractivity contribution in [2.45, 2.75) is 24.8 Å². The number of carbonyl (C=O) groups excluding carboxylic acids is 1. The number of hydrogen-bond acceptors (Lipinski definition) is 6. The van der Waals surface area contributed by atoms with Crippen LogP contribution in [-0.2, 0) is 9.84 Å². The molecule has 0 unspecified atom stereocenters. The van der Waals surface area contributed by atoms with Gasteiger partial charge < -0.3 is 15.8 Å². The number of nitrogen functional groups attached to an aromatic ring is 1. The number of carbonyl (C=O) groups is 1. The lowest BCUT2D eigenvalue weighted by molar-refractivity contribution is 0.102. The molecule has 3 aromatic rings. The number of pyridine rings is 1. The summed E-state index contributed by atoms with van der Waals surface area (Å²) in [5, 5.41) is 3.24. The van der Waals surface area contributed by atoms with Crippen LogP contribution < -0.4 is 15.8 Å². The third-order valence-electron chi connectivity index (χ3n) is 4.66. The Hall–Kier alpha value is -3.10. The minimum atomic E-state index is -3.42. The van der Waals surface area contributed by atoms with Gasteiger partial charge in [-0.15, -0.1) is 0 Å². The van der Waals surface area contributed by atoms with Crippen molar-refractivity contribution < 1.29 is 17.9 Å². The van der Waals surface area contributed by atoms with Gasteiger partial charge in [0, 0.05) is 29.8 Å². The van der Waals surface area contributed by atoms with Crippen LogP contribution in [0.1, 0.15) is 34.5 Å². The van der Waals surface area contributed by atoms with E-state index >= 15 is 0 Å². The molecule has 1 atom stereocenters. The predicted octanol–water partition coefficient (Wildman–Crippen LogP) is 4.42. The first-order chi connectivity index (χ1) is 14.5. The van der Waals surface area contributed by atoms with Gasteiger partial charge in [0.1, 0.15) is 6.10 Å². The summed E-state index contributed by atoms with van der Waals surface area (Å²) in [4.78, 5) is 16.8. The lowest BCUT2D eigenvalue weighted by atomic mass is 10.1. The molecule has 0 fully saturated rings. The first-order valence-electron chi connectivity index (χ1n) is 9.34. The van der Waals surface area contributed by atoms with Crippen molar-refractivity contribution >= 4 is 38.9 Å². The predicted molar refractivity (Wildman–Crippen MR) is 121 cm³/mol. The van der Waals surface area contributed by atoms with E-state index in [1.165, 1.54) is 24.4 Å². The molecule has 0 spiro atoms. The Morgan fingerprint density at radius 2 is 1.94 bits per heavy atom. The second-order valence-corrected chi connectivity index (χ2v) is 9.58. The summed E-state index contributed by atoms with van der Waals surface area (Å²) in [6, 6.07) is 13.0. The Labute approximate surface area is 186 Å². The monoisotopic (exact) mass is 459 g/mol. The zero-order valence-electron chi connectivity index (χ0n) is 17.2. The second-order valence-electron chi connectivity index (χ2n) is 7.13. The van der Waals surface area contributed by atoms with Crippen LogP contribution in [0.25, 0.3) is 0 Å². The van der Waals surface area contributed by atoms with Crippen LogP contribution in [0.5, 0.6) is 5.75 Å². The third kappa shape index (κ3) is 5.53. The molecule has 0 saturated heterocycles. The Balaban J connectivity index is 1.82. The number of nitrogens with one attached hydrogen (secondary N) is 1. The standard InChI is InChI=1S/C22H22ClN3O4S/c1-13-7-8-15(14(2)30-20-11-17(23)12-25-21(20)24)10-19(13)26-22(27)16-5-4-6-18(9-16)31(3,28)29/h4-12,14H,1-3H3,(H2,24,25)(H,26,27)/t14-/m1/s1. The van der Waals surface area contributed by atoms with Gasteiger partial charge in [-0.05, 0) is 49.2 Å². The fourth-order valence-electron chi connectivity index (χ4n) is 2.87. The van der Waals surface area contributed by atoms with E-state index in [2.05, 4.69) is 10.3 Å². The van der Waals surface area contributed by atoms with Crippen molar-refractivity contribution in [2.24, 2.45) is 0 Å². The smallest absolute Gasteiger partial charge is 0.255 e. The largest absolute Gasteiger partial charge is 0.482 e. The molecule has 0 saturated carbocycles. The van der Waals surface area contributed by atoms with E-state index in [1.807, 2.05) is 26.0 Å².